The minimum Gasteiger partial charge on any atom is -0.480 e. The number of nitrogens with two attached hydrogens (primary N) is 1. The molecule has 5 heteroatoms. The van der Waals surface area contributed by atoms with Crippen LogP contribution >= 0.6 is 0 Å². The molecule has 20 heavy (non-hydrogen) atoms. The molecule has 1 rings (SSSR count). The van der Waals surface area contributed by atoms with E-state index in [0.29, 0.717) is 0 Å². The molecule has 5 nitrogen and oxygen atoms in total. The number of benzene rings is 1. The van der Waals surface area contributed by atoms with Gasteiger partial charge in [0.25, 0.3) is 0 Å². The van der Waals surface area contributed by atoms with E-state index < -0.39 is 18.1 Å². The number of likely N-dealkylation sites (N-methyl/N-ethyl adjacent to an activating group) is 1. The molecule has 1 amide bonds. The van der Waals surface area contributed by atoms with Gasteiger partial charge in [-0.2, -0.15) is 0 Å². The predicted molar refractivity (Wildman–Crippen MR) is 77.2 cm³/mol. The number of carboxylic acids is 1. The Morgan fingerprint density at radius 2 is 1.80 bits per heavy atom. The summed E-state index contributed by atoms with van der Waals surface area (Å²) in [5.41, 5.74) is 6.68. The molecule has 1 aromatic rings. The van der Waals surface area contributed by atoms with E-state index in [2.05, 4.69) is 0 Å². The van der Waals surface area contributed by atoms with Gasteiger partial charge in [-0.15, -0.1) is 0 Å². The smallest absolute Gasteiger partial charge is 0.326 e. The lowest BCUT2D eigenvalue weighted by Crippen LogP contribution is -2.51. The van der Waals surface area contributed by atoms with E-state index in [1.54, 1.807) is 0 Å². The molecule has 2 atom stereocenters. The van der Waals surface area contributed by atoms with Gasteiger partial charge in [-0.1, -0.05) is 44.2 Å². The largest absolute Gasteiger partial charge is 0.480 e. The van der Waals surface area contributed by atoms with Crippen molar-refractivity contribution < 1.29 is 14.7 Å². The van der Waals surface area contributed by atoms with E-state index in [4.69, 9.17) is 5.73 Å². The fourth-order valence-electron chi connectivity index (χ4n) is 1.90. The van der Waals surface area contributed by atoms with E-state index in [-0.39, 0.29) is 18.2 Å². The maximum absolute atomic E-state index is 12.2. The van der Waals surface area contributed by atoms with Gasteiger partial charge in [-0.3, -0.25) is 4.79 Å². The number of carboxylic acid groups (broad SMARTS) is 1. The van der Waals surface area contributed by atoms with E-state index in [1.807, 2.05) is 44.2 Å². The molecule has 0 aliphatic carbocycles. The Morgan fingerprint density at radius 1 is 1.25 bits per heavy atom. The van der Waals surface area contributed by atoms with Crippen molar-refractivity contribution in [1.82, 2.24) is 4.90 Å². The van der Waals surface area contributed by atoms with Gasteiger partial charge in [0.1, 0.15) is 6.04 Å². The van der Waals surface area contributed by atoms with Crippen molar-refractivity contribution in [2.24, 2.45) is 11.7 Å². The number of hydrogen-bond donors (Lipinski definition) is 2. The molecule has 0 radical (unpaired) electrons. The second-order valence-corrected chi connectivity index (χ2v) is 5.26. The van der Waals surface area contributed by atoms with Crippen LogP contribution < -0.4 is 5.73 Å². The van der Waals surface area contributed by atoms with Crippen LogP contribution in [0, 0.1) is 5.92 Å². The highest BCUT2D eigenvalue weighted by atomic mass is 16.4. The molecular formula is C15H22N2O3. The first-order valence-electron chi connectivity index (χ1n) is 6.63. The fourth-order valence-corrected chi connectivity index (χ4v) is 1.90. The quantitative estimate of drug-likeness (QED) is 0.817. The van der Waals surface area contributed by atoms with E-state index >= 15 is 0 Å². The number of carbonyl (C=O) groups is 2. The molecule has 3 N–H and O–H groups in total. The van der Waals surface area contributed by atoms with Gasteiger partial charge in [-0.25, -0.2) is 4.79 Å². The highest BCUT2D eigenvalue weighted by Crippen LogP contribution is 2.11. The molecule has 0 saturated heterocycles. The number of hydrogen-bond acceptors (Lipinski definition) is 3. The van der Waals surface area contributed by atoms with Crippen LogP contribution in [0.3, 0.4) is 0 Å². The predicted octanol–water partition coefficient (Wildman–Crippen LogP) is 1.12. The Morgan fingerprint density at radius 3 is 2.25 bits per heavy atom. The van der Waals surface area contributed by atoms with Gasteiger partial charge < -0.3 is 15.7 Å². The lowest BCUT2D eigenvalue weighted by Gasteiger charge is -2.28. The van der Waals surface area contributed by atoms with Gasteiger partial charge in [0.2, 0.25) is 5.91 Å². The van der Waals surface area contributed by atoms with Crippen LogP contribution in [0.25, 0.3) is 0 Å². The first kappa shape index (κ1) is 16.2. The standard InChI is InChI=1S/C15H22N2O3/c1-10(2)13(16)14(18)17(3)12(15(19)20)9-11-7-5-4-6-8-11/h4-8,10,12-13H,9,16H2,1-3H3,(H,19,20)/t12-,13-/m0/s1. The van der Waals surface area contributed by atoms with Gasteiger partial charge in [-0.05, 0) is 11.5 Å². The topological polar surface area (TPSA) is 83.6 Å². The third kappa shape index (κ3) is 4.06. The van der Waals surface area contributed by atoms with Crippen molar-refractivity contribution in [3.05, 3.63) is 35.9 Å². The van der Waals surface area contributed by atoms with E-state index in [9.17, 15) is 14.7 Å². The summed E-state index contributed by atoms with van der Waals surface area (Å²) in [6, 6.07) is 7.65. The molecule has 110 valence electrons. The molecule has 0 unspecified atom stereocenters. The van der Waals surface area contributed by atoms with Crippen LogP contribution in [-0.4, -0.2) is 41.0 Å². The second kappa shape index (κ2) is 7.05. The van der Waals surface area contributed by atoms with Crippen LogP contribution in [0.1, 0.15) is 19.4 Å². The first-order chi connectivity index (χ1) is 9.34. The minimum atomic E-state index is -1.03. The third-order valence-electron chi connectivity index (χ3n) is 3.38. The molecule has 0 aromatic heterocycles. The number of nitrogens with zero attached hydrogens (tertiary/aromatic N) is 1. The zero-order valence-corrected chi connectivity index (χ0v) is 12.1. The first-order valence-corrected chi connectivity index (χ1v) is 6.63. The highest BCUT2D eigenvalue weighted by Gasteiger charge is 2.30. The van der Waals surface area contributed by atoms with Gasteiger partial charge in [0.15, 0.2) is 0 Å². The van der Waals surface area contributed by atoms with Crippen molar-refractivity contribution in [3.63, 3.8) is 0 Å². The maximum atomic E-state index is 12.2. The van der Waals surface area contributed by atoms with Crippen molar-refractivity contribution in [1.29, 1.82) is 0 Å². The maximum Gasteiger partial charge on any atom is 0.326 e. The number of rotatable bonds is 6. The Hall–Kier alpha value is -1.88. The molecule has 0 aliphatic heterocycles. The average molecular weight is 278 g/mol. The van der Waals surface area contributed by atoms with Gasteiger partial charge >= 0.3 is 5.97 Å². The van der Waals surface area contributed by atoms with Crippen LogP contribution in [0.15, 0.2) is 30.3 Å². The zero-order valence-electron chi connectivity index (χ0n) is 12.1. The van der Waals surface area contributed by atoms with Crippen molar-refractivity contribution >= 4 is 11.9 Å². The van der Waals surface area contributed by atoms with Crippen molar-refractivity contribution in [3.8, 4) is 0 Å². The summed E-state index contributed by atoms with van der Waals surface area (Å²) < 4.78 is 0. The van der Waals surface area contributed by atoms with Crippen molar-refractivity contribution in [2.75, 3.05) is 7.05 Å². The zero-order chi connectivity index (χ0) is 15.3. The molecule has 1 aromatic carbocycles. The monoisotopic (exact) mass is 278 g/mol. The van der Waals surface area contributed by atoms with Crippen LogP contribution in [0.2, 0.25) is 0 Å². The Labute approximate surface area is 119 Å². The SMILES string of the molecule is CC(C)[C@H](N)C(=O)N(C)[C@@H](Cc1ccccc1)C(=O)O. The Balaban J connectivity index is 2.86. The molecule has 0 bridgehead atoms. The molecule has 0 heterocycles. The second-order valence-electron chi connectivity index (χ2n) is 5.26. The molecule has 0 saturated carbocycles. The number of amides is 1. The number of carbonyl (C=O) groups excluding carboxylic acids is 1. The molecule has 0 aliphatic rings. The fraction of sp³-hybridized carbons (Fsp3) is 0.467. The lowest BCUT2D eigenvalue weighted by molar-refractivity contribution is -0.149. The summed E-state index contributed by atoms with van der Waals surface area (Å²) in [6.07, 6.45) is 0.267. The number of aliphatic carboxylic acids is 1. The average Bonchev–Trinajstić information content (AvgIpc) is 2.43. The lowest BCUT2D eigenvalue weighted by atomic mass is 10.0. The summed E-state index contributed by atoms with van der Waals surface area (Å²) in [5, 5.41) is 9.34. The van der Waals surface area contributed by atoms with Crippen LogP contribution in [0.5, 0.6) is 0 Å². The molecular weight excluding hydrogens is 256 g/mol. The third-order valence-corrected chi connectivity index (χ3v) is 3.38. The minimum absolute atomic E-state index is 0.0314. The van der Waals surface area contributed by atoms with Gasteiger partial charge in [0.05, 0.1) is 6.04 Å². The van der Waals surface area contributed by atoms with Crippen LogP contribution in [-0.2, 0) is 16.0 Å². The van der Waals surface area contributed by atoms with E-state index in [0.717, 1.165) is 5.56 Å². The Bertz CT molecular complexity index is 459. The summed E-state index contributed by atoms with van der Waals surface area (Å²) >= 11 is 0. The summed E-state index contributed by atoms with van der Waals surface area (Å²) in [6.45, 7) is 3.67. The summed E-state index contributed by atoms with van der Waals surface area (Å²) in [7, 11) is 1.49. The summed E-state index contributed by atoms with van der Waals surface area (Å²) in [4.78, 5) is 24.8. The van der Waals surface area contributed by atoms with E-state index in [1.165, 1.54) is 11.9 Å². The molecule has 0 spiro atoms. The normalized spacial score (nSPS) is 13.8. The van der Waals surface area contributed by atoms with Crippen molar-refractivity contribution in [2.45, 2.75) is 32.4 Å². The highest BCUT2D eigenvalue weighted by molar-refractivity contribution is 5.87. The van der Waals surface area contributed by atoms with Crippen LogP contribution in [0.4, 0.5) is 0 Å². The molecule has 0 fully saturated rings. The summed E-state index contributed by atoms with van der Waals surface area (Å²) in [5.74, 6) is -1.40. The van der Waals surface area contributed by atoms with Gasteiger partial charge in [0, 0.05) is 13.5 Å². The Kier molecular flexibility index (Phi) is 5.70.